The van der Waals surface area contributed by atoms with Gasteiger partial charge in [-0.3, -0.25) is 28.2 Å². The number of ketones is 1. The number of ether oxygens (including phenoxy) is 1. The van der Waals surface area contributed by atoms with Gasteiger partial charge in [-0.15, -0.1) is 16.9 Å². The summed E-state index contributed by atoms with van der Waals surface area (Å²) >= 11 is 11.0. The molecule has 0 saturated carbocycles. The van der Waals surface area contributed by atoms with Crippen LogP contribution < -0.4 is 11.3 Å². The van der Waals surface area contributed by atoms with Gasteiger partial charge in [-0.25, -0.2) is 14.4 Å². The van der Waals surface area contributed by atoms with Crippen LogP contribution in [0.25, 0.3) is 11.2 Å². The third-order valence-electron chi connectivity index (χ3n) is 7.29. The number of imidazole rings is 1. The predicted molar refractivity (Wildman–Crippen MR) is 159 cm³/mol. The highest BCUT2D eigenvalue weighted by molar-refractivity contribution is 8.07. The van der Waals surface area contributed by atoms with Crippen LogP contribution in [0.5, 0.6) is 0 Å². The maximum Gasteiger partial charge on any atom is 0.325 e. The van der Waals surface area contributed by atoms with Crippen LogP contribution in [0.3, 0.4) is 0 Å². The lowest BCUT2D eigenvalue weighted by Crippen LogP contribution is -2.41. The van der Waals surface area contributed by atoms with Crippen molar-refractivity contribution in [1.29, 1.82) is 0 Å². The number of Topliss-reactive ketones (excluding diaryl/α,β-unsaturated/α-hetero) is 1. The van der Waals surface area contributed by atoms with E-state index in [2.05, 4.69) is 30.3 Å². The summed E-state index contributed by atoms with van der Waals surface area (Å²) in [5.41, 5.74) is 4.60. The Morgan fingerprint density at radius 1 is 1.17 bits per heavy atom. The maximum absolute atomic E-state index is 16.0. The van der Waals surface area contributed by atoms with E-state index in [1.165, 1.54) is 17.1 Å². The fourth-order valence-electron chi connectivity index (χ4n) is 5.25. The number of hydrogen-bond acceptors (Lipinski definition) is 16. The van der Waals surface area contributed by atoms with Gasteiger partial charge >= 0.3 is 19.4 Å². The molecule has 5 N–H and O–H groups in total. The lowest BCUT2D eigenvalue weighted by atomic mass is 10.1. The highest BCUT2D eigenvalue weighted by Crippen LogP contribution is 2.59. The molecular formula is C20H20F3N9O9P2S3. The minimum Gasteiger partial charge on any atom is -0.369 e. The van der Waals surface area contributed by atoms with Crippen molar-refractivity contribution in [3.8, 4) is 0 Å². The number of nitrogens with zero attached hydrogens (tertiary/aromatic N) is 7. The van der Waals surface area contributed by atoms with Crippen molar-refractivity contribution in [2.24, 2.45) is 4.99 Å². The Kier molecular flexibility index (Phi) is 8.05. The normalized spacial score (nSPS) is 37.8. The monoisotopic (exact) mass is 745 g/mol. The number of aromatic nitrogens is 7. The van der Waals surface area contributed by atoms with E-state index < -0.39 is 85.3 Å². The van der Waals surface area contributed by atoms with Gasteiger partial charge < -0.3 is 29.3 Å². The van der Waals surface area contributed by atoms with Crippen molar-refractivity contribution >= 4 is 83.7 Å². The zero-order chi connectivity index (χ0) is 32.8. The number of thioether (sulfide) groups is 1. The predicted octanol–water partition coefficient (Wildman–Crippen LogP) is 1.02. The maximum atomic E-state index is 16.0. The van der Waals surface area contributed by atoms with Crippen LogP contribution in [0.15, 0.2) is 16.1 Å². The van der Waals surface area contributed by atoms with Crippen LogP contribution in [0.1, 0.15) is 28.5 Å². The molecule has 7 rings (SSSR count). The molecule has 7 heterocycles. The largest absolute Gasteiger partial charge is 0.369 e. The minimum atomic E-state index is -4.57. The molecule has 0 aromatic carbocycles. The number of alkyl halides is 3. The average molecular weight is 746 g/mol. The van der Waals surface area contributed by atoms with Crippen molar-refractivity contribution in [2.75, 3.05) is 18.9 Å². The van der Waals surface area contributed by atoms with Crippen molar-refractivity contribution in [3.63, 3.8) is 0 Å². The van der Waals surface area contributed by atoms with E-state index in [4.69, 9.17) is 52.2 Å². The standard InChI is InChI=1S/C20H20F3N9O9P2S3/c21-9-8-4-38-43(36,45)41-13-7(39-18(20(13,22)23)32-14-10(29-30-32)6(33)1-2-25-14)3-37-42(35,44)40-12(9)17(46-8)31-5-26-11-15(31)27-19(24)28-16(11)34/h2,5,7-9,12-13,17-18H,1,3-4H2,(H,35,44)(H,36,45)(H3,24,27,28,34)/t7-,8-,9-,12-,13-,17-,18-,42?,43?/m1/s1. The van der Waals surface area contributed by atoms with Crippen molar-refractivity contribution < 1.29 is 50.6 Å². The van der Waals surface area contributed by atoms with Gasteiger partial charge in [0.25, 0.3) is 5.56 Å². The van der Waals surface area contributed by atoms with E-state index in [-0.39, 0.29) is 35.0 Å². The summed E-state index contributed by atoms with van der Waals surface area (Å²) < 4.78 is 76.8. The minimum absolute atomic E-state index is 0.0400. The molecule has 0 aliphatic carbocycles. The summed E-state index contributed by atoms with van der Waals surface area (Å²) in [6.07, 6.45) is -7.79. The van der Waals surface area contributed by atoms with Crippen LogP contribution in [0, 0.1) is 0 Å². The van der Waals surface area contributed by atoms with E-state index in [1.807, 2.05) is 0 Å². The van der Waals surface area contributed by atoms with Gasteiger partial charge in [0.05, 0.1) is 24.8 Å². The van der Waals surface area contributed by atoms with E-state index in [9.17, 15) is 19.4 Å². The molecule has 248 valence electrons. The quantitative estimate of drug-likeness (QED) is 0.268. The molecule has 3 aromatic rings. The van der Waals surface area contributed by atoms with Crippen molar-refractivity contribution in [3.05, 3.63) is 22.4 Å². The van der Waals surface area contributed by atoms with E-state index in [1.54, 1.807) is 0 Å². The van der Waals surface area contributed by atoms with Crippen LogP contribution in [0.2, 0.25) is 0 Å². The molecule has 2 bridgehead atoms. The van der Waals surface area contributed by atoms with Crippen LogP contribution in [0.4, 0.5) is 24.9 Å². The highest BCUT2D eigenvalue weighted by atomic mass is 32.5. The molecule has 2 unspecified atom stereocenters. The summed E-state index contributed by atoms with van der Waals surface area (Å²) in [6, 6.07) is 0. The van der Waals surface area contributed by atoms with Gasteiger partial charge in [-0.05, 0) is 23.6 Å². The fourth-order valence-corrected chi connectivity index (χ4v) is 9.74. The summed E-state index contributed by atoms with van der Waals surface area (Å²) in [7, 11) is 0. The lowest BCUT2D eigenvalue weighted by molar-refractivity contribution is -0.140. The van der Waals surface area contributed by atoms with Gasteiger partial charge in [0.15, 0.2) is 34.6 Å². The van der Waals surface area contributed by atoms with Gasteiger partial charge in [0.1, 0.15) is 23.8 Å². The summed E-state index contributed by atoms with van der Waals surface area (Å²) in [6.45, 7) is -10.6. The number of aromatic amines is 1. The van der Waals surface area contributed by atoms with E-state index >= 15 is 13.2 Å². The number of aliphatic imine (C=N–C) groups is 1. The number of carbonyl (C=O) groups is 1. The summed E-state index contributed by atoms with van der Waals surface area (Å²) in [5, 5.41) is 4.95. The van der Waals surface area contributed by atoms with Crippen LogP contribution in [-0.4, -0.2) is 105 Å². The number of nitrogens with two attached hydrogens (primary N) is 1. The summed E-state index contributed by atoms with van der Waals surface area (Å²) in [5.74, 6) is -5.11. The first-order chi connectivity index (χ1) is 21.6. The Labute approximate surface area is 268 Å². The molecule has 0 amide bonds. The van der Waals surface area contributed by atoms with Gasteiger partial charge in [0, 0.05) is 12.6 Å². The second-order valence-corrected chi connectivity index (χ2v) is 17.2. The summed E-state index contributed by atoms with van der Waals surface area (Å²) in [4.78, 5) is 60.7. The molecule has 4 aliphatic heterocycles. The first kappa shape index (κ1) is 32.3. The molecule has 0 spiro atoms. The zero-order valence-corrected chi connectivity index (χ0v) is 26.8. The molecule has 26 heteroatoms. The number of nitrogen functional groups attached to an aromatic ring is 1. The number of nitrogens with one attached hydrogen (secondary N) is 1. The second-order valence-electron chi connectivity index (χ2n) is 10.3. The first-order valence-electron chi connectivity index (χ1n) is 13.0. The second kappa shape index (κ2) is 11.4. The van der Waals surface area contributed by atoms with Gasteiger partial charge in [-0.2, -0.15) is 18.4 Å². The Balaban J connectivity index is 1.22. The third-order valence-corrected chi connectivity index (χ3v) is 11.9. The number of hydrogen-bond donors (Lipinski definition) is 4. The molecule has 4 aliphatic rings. The highest BCUT2D eigenvalue weighted by Gasteiger charge is 2.64. The zero-order valence-electron chi connectivity index (χ0n) is 22.5. The molecule has 46 heavy (non-hydrogen) atoms. The smallest absolute Gasteiger partial charge is 0.325 e. The van der Waals surface area contributed by atoms with Crippen LogP contribution in [-0.2, 0) is 46.4 Å². The Morgan fingerprint density at radius 2 is 1.91 bits per heavy atom. The number of halogens is 3. The number of rotatable bonds is 2. The number of carbonyl (C=O) groups excluding carboxylic acids is 1. The molecule has 3 saturated heterocycles. The first-order valence-corrected chi connectivity index (χ1v) is 19.1. The van der Waals surface area contributed by atoms with E-state index in [0.717, 1.165) is 11.8 Å². The molecule has 9 atom stereocenters. The topological polar surface area (TPSA) is 236 Å². The molecular weight excluding hydrogens is 725 g/mol. The van der Waals surface area contributed by atoms with Gasteiger partial charge in [-0.1, -0.05) is 5.21 Å². The molecule has 3 aromatic heterocycles. The van der Waals surface area contributed by atoms with Gasteiger partial charge in [0.2, 0.25) is 12.2 Å². The molecule has 0 radical (unpaired) electrons. The van der Waals surface area contributed by atoms with E-state index in [0.29, 0.717) is 4.68 Å². The number of H-pyrrole nitrogens is 1. The number of fused-ring (bicyclic) bond motifs is 5. The molecule has 18 nitrogen and oxygen atoms in total. The SMILES string of the molecule is Nc1nc2c(ncn2[C@@H]2S[C@@H]3COP(O)(=S)O[C@@H]4[C@@H](COP(O)(=S)O[C@@H]2[C@@H]3F)O[C@@H](n2nnc3c2N=CCC3=O)C4(F)F)c(=O)[nH]1. The molecule has 3 fully saturated rings. The lowest BCUT2D eigenvalue weighted by Gasteiger charge is -2.28. The fraction of sp³-hybridized carbons (Fsp3) is 0.550. The Bertz CT molecular complexity index is 1930. The van der Waals surface area contributed by atoms with Crippen LogP contribution >= 0.6 is 25.2 Å². The van der Waals surface area contributed by atoms with Crippen molar-refractivity contribution in [1.82, 2.24) is 34.5 Å². The van der Waals surface area contributed by atoms with Crippen molar-refractivity contribution in [2.45, 2.75) is 53.7 Å². The average Bonchev–Trinajstić information content (AvgIpc) is 3.71. The third kappa shape index (κ3) is 5.56. The Hall–Kier alpha value is -2.21. The number of anilines is 1. The Morgan fingerprint density at radius 3 is 2.70 bits per heavy atom.